The van der Waals surface area contributed by atoms with Crippen LogP contribution >= 0.6 is 0 Å². The Morgan fingerprint density at radius 3 is 2.64 bits per heavy atom. The van der Waals surface area contributed by atoms with Crippen LogP contribution in [0, 0.1) is 0 Å². The number of hydrogen-bond donors (Lipinski definition) is 1. The van der Waals surface area contributed by atoms with E-state index in [0.717, 1.165) is 12.8 Å². The summed E-state index contributed by atoms with van der Waals surface area (Å²) >= 11 is 0. The first-order valence-corrected chi connectivity index (χ1v) is 5.06. The van der Waals surface area contributed by atoms with Crippen molar-refractivity contribution in [1.82, 2.24) is 0 Å². The summed E-state index contributed by atoms with van der Waals surface area (Å²) in [5.74, 6) is -0.331. The Labute approximate surface area is 85.8 Å². The minimum absolute atomic E-state index is 0.222. The molecule has 0 spiro atoms. The van der Waals surface area contributed by atoms with Crippen molar-refractivity contribution in [2.75, 3.05) is 13.7 Å². The maximum Gasteiger partial charge on any atom is 0.323 e. The average Bonchev–Trinajstić information content (AvgIpc) is 2.14. The Bertz CT molecular complexity index is 161. The molecule has 14 heavy (non-hydrogen) atoms. The van der Waals surface area contributed by atoms with Crippen molar-refractivity contribution < 1.29 is 14.3 Å². The highest BCUT2D eigenvalue weighted by atomic mass is 16.6. The van der Waals surface area contributed by atoms with Crippen molar-refractivity contribution in [3.05, 3.63) is 0 Å². The van der Waals surface area contributed by atoms with Gasteiger partial charge in [0.15, 0.2) is 0 Å². The molecule has 4 heteroatoms. The van der Waals surface area contributed by atoms with Gasteiger partial charge in [0.05, 0.1) is 6.61 Å². The molecule has 0 aliphatic rings. The lowest BCUT2D eigenvalue weighted by Gasteiger charge is -2.15. The van der Waals surface area contributed by atoms with E-state index in [0.29, 0.717) is 13.0 Å². The van der Waals surface area contributed by atoms with Gasteiger partial charge >= 0.3 is 5.97 Å². The van der Waals surface area contributed by atoms with Crippen molar-refractivity contribution in [3.8, 4) is 0 Å². The molecule has 0 fully saturated rings. The summed E-state index contributed by atoms with van der Waals surface area (Å²) in [4.78, 5) is 11.3. The fourth-order valence-corrected chi connectivity index (χ4v) is 1.10. The predicted octanol–water partition coefficient (Wildman–Crippen LogP) is 1.08. The van der Waals surface area contributed by atoms with Gasteiger partial charge in [0.1, 0.15) is 12.1 Å². The number of esters is 1. The molecule has 2 N–H and O–H groups in total. The second-order valence-corrected chi connectivity index (χ2v) is 3.45. The summed E-state index contributed by atoms with van der Waals surface area (Å²) in [5.41, 5.74) is 5.63. The van der Waals surface area contributed by atoms with E-state index in [4.69, 9.17) is 15.2 Å². The van der Waals surface area contributed by atoms with Gasteiger partial charge in [0, 0.05) is 7.11 Å². The van der Waals surface area contributed by atoms with Gasteiger partial charge in [-0.15, -0.1) is 0 Å². The van der Waals surface area contributed by atoms with Crippen LogP contribution in [0.25, 0.3) is 0 Å². The highest BCUT2D eigenvalue weighted by Crippen LogP contribution is 2.02. The van der Waals surface area contributed by atoms with Crippen molar-refractivity contribution >= 4 is 5.97 Å². The minimum Gasteiger partial charge on any atom is -0.459 e. The van der Waals surface area contributed by atoms with Crippen molar-refractivity contribution in [2.45, 2.75) is 45.3 Å². The summed E-state index contributed by atoms with van der Waals surface area (Å²) < 4.78 is 9.91. The molecule has 0 heterocycles. The molecule has 0 amide bonds. The van der Waals surface area contributed by atoms with Gasteiger partial charge in [-0.25, -0.2) is 0 Å². The number of unbranched alkanes of at least 4 members (excludes halogenated alkanes) is 1. The van der Waals surface area contributed by atoms with Crippen LogP contribution in [0.15, 0.2) is 0 Å². The fraction of sp³-hybridized carbons (Fsp3) is 0.900. The molecule has 0 saturated heterocycles. The second-order valence-electron chi connectivity index (χ2n) is 3.45. The highest BCUT2D eigenvalue weighted by molar-refractivity contribution is 5.75. The average molecular weight is 203 g/mol. The summed E-state index contributed by atoms with van der Waals surface area (Å²) in [6, 6.07) is -0.491. The van der Waals surface area contributed by atoms with Gasteiger partial charge in [-0.05, 0) is 13.3 Å². The Kier molecular flexibility index (Phi) is 7.42. The topological polar surface area (TPSA) is 61.6 Å². The van der Waals surface area contributed by atoms with Crippen LogP contribution in [0.5, 0.6) is 0 Å². The van der Waals surface area contributed by atoms with Crippen LogP contribution in [0.1, 0.15) is 33.1 Å². The number of carbonyl (C=O) groups excluding carboxylic acids is 1. The number of carbonyl (C=O) groups is 1. The van der Waals surface area contributed by atoms with Crippen molar-refractivity contribution in [1.29, 1.82) is 0 Å². The number of ether oxygens (including phenoxy) is 2. The number of hydrogen-bond acceptors (Lipinski definition) is 4. The molecule has 0 aromatic carbocycles. The number of methoxy groups -OCH3 is 1. The Morgan fingerprint density at radius 2 is 2.14 bits per heavy atom. The van der Waals surface area contributed by atoms with E-state index in [1.165, 1.54) is 0 Å². The van der Waals surface area contributed by atoms with Gasteiger partial charge in [0.25, 0.3) is 0 Å². The molecule has 0 rings (SSSR count). The molecular formula is C10H21NO3. The largest absolute Gasteiger partial charge is 0.459 e. The maximum atomic E-state index is 11.3. The molecular weight excluding hydrogens is 182 g/mol. The molecule has 0 bridgehead atoms. The zero-order valence-electron chi connectivity index (χ0n) is 9.29. The molecule has 0 aromatic heterocycles. The third-order valence-corrected chi connectivity index (χ3v) is 1.89. The summed E-state index contributed by atoms with van der Waals surface area (Å²) in [7, 11) is 1.57. The van der Waals surface area contributed by atoms with E-state index in [9.17, 15) is 4.79 Å². The lowest BCUT2D eigenvalue weighted by atomic mass is 10.1. The van der Waals surface area contributed by atoms with Crippen LogP contribution in [-0.4, -0.2) is 31.8 Å². The molecule has 0 radical (unpaired) electrons. The van der Waals surface area contributed by atoms with Gasteiger partial charge in [-0.3, -0.25) is 4.79 Å². The first-order chi connectivity index (χ1) is 6.61. The van der Waals surface area contributed by atoms with E-state index >= 15 is 0 Å². The smallest absolute Gasteiger partial charge is 0.323 e. The monoisotopic (exact) mass is 203 g/mol. The second kappa shape index (κ2) is 7.76. The van der Waals surface area contributed by atoms with Gasteiger partial charge in [-0.2, -0.15) is 0 Å². The fourth-order valence-electron chi connectivity index (χ4n) is 1.10. The minimum atomic E-state index is -0.491. The third-order valence-electron chi connectivity index (χ3n) is 1.89. The Hall–Kier alpha value is -0.610. The van der Waals surface area contributed by atoms with Gasteiger partial charge in [0.2, 0.25) is 0 Å². The van der Waals surface area contributed by atoms with Crippen LogP contribution in [0.4, 0.5) is 0 Å². The van der Waals surface area contributed by atoms with Crippen LogP contribution in [0.2, 0.25) is 0 Å². The molecule has 2 atom stereocenters. The van der Waals surface area contributed by atoms with E-state index in [1.807, 2.05) is 0 Å². The normalized spacial score (nSPS) is 14.9. The molecule has 84 valence electrons. The SMILES string of the molecule is CCCC[C@H](N)C(=O)OC(C)COC. The van der Waals surface area contributed by atoms with E-state index in [-0.39, 0.29) is 12.1 Å². The Morgan fingerprint density at radius 1 is 1.50 bits per heavy atom. The Balaban J connectivity index is 3.71. The number of rotatable bonds is 7. The first kappa shape index (κ1) is 13.4. The molecule has 0 aromatic rings. The highest BCUT2D eigenvalue weighted by Gasteiger charge is 2.16. The molecule has 4 nitrogen and oxygen atoms in total. The van der Waals surface area contributed by atoms with Gasteiger partial charge in [-0.1, -0.05) is 19.8 Å². The maximum absolute atomic E-state index is 11.3. The van der Waals surface area contributed by atoms with Crippen LogP contribution in [-0.2, 0) is 14.3 Å². The molecule has 0 aliphatic carbocycles. The van der Waals surface area contributed by atoms with Crippen molar-refractivity contribution in [2.24, 2.45) is 5.73 Å². The standard InChI is InChI=1S/C10H21NO3/c1-4-5-6-9(11)10(12)14-8(2)7-13-3/h8-9H,4-7,11H2,1-3H3/t8?,9-/m0/s1. The summed E-state index contributed by atoms with van der Waals surface area (Å²) in [6.07, 6.45) is 2.46. The summed E-state index contributed by atoms with van der Waals surface area (Å²) in [5, 5.41) is 0. The quantitative estimate of drug-likeness (QED) is 0.629. The molecule has 0 aliphatic heterocycles. The number of nitrogens with two attached hydrogens (primary N) is 1. The summed E-state index contributed by atoms with van der Waals surface area (Å²) in [6.45, 7) is 4.26. The van der Waals surface area contributed by atoms with Crippen molar-refractivity contribution in [3.63, 3.8) is 0 Å². The predicted molar refractivity (Wildman–Crippen MR) is 54.9 cm³/mol. The zero-order valence-corrected chi connectivity index (χ0v) is 9.29. The lowest BCUT2D eigenvalue weighted by molar-refractivity contribution is -0.152. The van der Waals surface area contributed by atoms with Crippen LogP contribution < -0.4 is 5.73 Å². The zero-order chi connectivity index (χ0) is 11.0. The van der Waals surface area contributed by atoms with E-state index in [1.54, 1.807) is 14.0 Å². The van der Waals surface area contributed by atoms with E-state index in [2.05, 4.69) is 6.92 Å². The first-order valence-electron chi connectivity index (χ1n) is 5.06. The lowest BCUT2D eigenvalue weighted by Crippen LogP contribution is -2.35. The van der Waals surface area contributed by atoms with Gasteiger partial charge < -0.3 is 15.2 Å². The van der Waals surface area contributed by atoms with Crippen LogP contribution in [0.3, 0.4) is 0 Å². The van der Waals surface area contributed by atoms with E-state index < -0.39 is 6.04 Å². The molecule has 0 saturated carbocycles. The molecule has 1 unspecified atom stereocenters. The third kappa shape index (κ3) is 5.94.